The molecule has 0 aliphatic carbocycles. The molecule has 0 saturated carbocycles. The first-order valence-corrected chi connectivity index (χ1v) is 18.7. The maximum Gasteiger partial charge on any atom is 0.330 e. The minimum absolute atomic E-state index is 0.0358. The van der Waals surface area contributed by atoms with Gasteiger partial charge in [-0.05, 0) is 44.0 Å². The lowest BCUT2D eigenvalue weighted by Crippen LogP contribution is -2.40. The van der Waals surface area contributed by atoms with Gasteiger partial charge in [-0.2, -0.15) is 0 Å². The number of likely N-dealkylation sites (tertiary alicyclic amines) is 1. The van der Waals surface area contributed by atoms with Gasteiger partial charge in [0.2, 0.25) is 0 Å². The van der Waals surface area contributed by atoms with Crippen molar-refractivity contribution in [3.8, 4) is 0 Å². The molecule has 0 amide bonds. The molecule has 3 rings (SSSR count). The quantitative estimate of drug-likeness (QED) is 0.121. The number of rotatable bonds is 12. The van der Waals surface area contributed by atoms with Crippen LogP contribution in [0, 0.1) is 11.8 Å². The molecule has 8 heteroatoms. The molecule has 2 atom stereocenters. The number of allylic oxidation sites excluding steroid dienone is 1. The number of esters is 2. The fraction of sp³-hybridized carbons (Fsp3) is 0.529. The van der Waals surface area contributed by atoms with Crippen molar-refractivity contribution in [2.45, 2.75) is 60.4 Å². The van der Waals surface area contributed by atoms with Crippen molar-refractivity contribution in [2.24, 2.45) is 11.8 Å². The maximum absolute atomic E-state index is 11.8. The summed E-state index contributed by atoms with van der Waals surface area (Å²) in [5.74, 6) is 0.108. The van der Waals surface area contributed by atoms with Crippen molar-refractivity contribution in [2.75, 3.05) is 46.3 Å². The van der Waals surface area contributed by atoms with Gasteiger partial charge in [0, 0.05) is 39.4 Å². The first-order chi connectivity index (χ1) is 20.0. The van der Waals surface area contributed by atoms with Gasteiger partial charge in [0.25, 0.3) is 0 Å². The van der Waals surface area contributed by atoms with Gasteiger partial charge in [-0.15, -0.1) is 0 Å². The monoisotopic (exact) mass is 598 g/mol. The van der Waals surface area contributed by atoms with E-state index in [-0.39, 0.29) is 17.9 Å². The summed E-state index contributed by atoms with van der Waals surface area (Å²) in [4.78, 5) is 26.9. The molecular weight excluding hydrogens is 544 g/mol. The minimum Gasteiger partial charge on any atom is -0.466 e. The fourth-order valence-electron chi connectivity index (χ4n) is 4.76. The number of ether oxygens (including phenoxy) is 3. The molecular formula is C34H54N2O5Si. The van der Waals surface area contributed by atoms with Gasteiger partial charge in [-0.25, -0.2) is 4.79 Å². The molecule has 1 aliphatic heterocycles. The SMILES string of the molecule is C/C=C/C(=O)OCC.CCOC(=O)[C@@H]1CN(Cc2ccccc2)C[C@H]1C.COCN(Cc1ccccc1)C[Si](C)(C)C. The van der Waals surface area contributed by atoms with Crippen molar-refractivity contribution in [1.82, 2.24) is 9.80 Å². The first-order valence-electron chi connectivity index (χ1n) is 15.0. The molecule has 234 valence electrons. The zero-order valence-corrected chi connectivity index (χ0v) is 28.2. The van der Waals surface area contributed by atoms with E-state index in [1.54, 1.807) is 27.0 Å². The van der Waals surface area contributed by atoms with Gasteiger partial charge in [0.15, 0.2) is 0 Å². The Morgan fingerprint density at radius 3 is 2.00 bits per heavy atom. The van der Waals surface area contributed by atoms with Crippen LogP contribution in [0.2, 0.25) is 19.6 Å². The Balaban J connectivity index is 0.000000339. The smallest absolute Gasteiger partial charge is 0.330 e. The number of methoxy groups -OCH3 is 1. The first kappa shape index (κ1) is 37.2. The third-order valence-electron chi connectivity index (χ3n) is 6.37. The molecule has 1 saturated heterocycles. The second-order valence-electron chi connectivity index (χ2n) is 11.7. The lowest BCUT2D eigenvalue weighted by Gasteiger charge is -2.28. The Hall–Kier alpha value is -2.78. The molecule has 1 fully saturated rings. The van der Waals surface area contributed by atoms with Gasteiger partial charge in [0.05, 0.1) is 33.9 Å². The average Bonchev–Trinajstić information content (AvgIpc) is 3.30. The summed E-state index contributed by atoms with van der Waals surface area (Å²) in [7, 11) is 0.701. The topological polar surface area (TPSA) is 68.3 Å². The number of carbonyl (C=O) groups excluding carboxylic acids is 2. The fourth-order valence-corrected chi connectivity index (χ4v) is 6.31. The highest BCUT2D eigenvalue weighted by atomic mass is 28.3. The Kier molecular flexibility index (Phi) is 18.6. The molecule has 1 aliphatic rings. The van der Waals surface area contributed by atoms with Crippen LogP contribution >= 0.6 is 0 Å². The zero-order chi connectivity index (χ0) is 31.4. The van der Waals surface area contributed by atoms with Crippen LogP contribution in [0.15, 0.2) is 72.8 Å². The Morgan fingerprint density at radius 1 is 0.929 bits per heavy atom. The molecule has 42 heavy (non-hydrogen) atoms. The van der Waals surface area contributed by atoms with E-state index >= 15 is 0 Å². The summed E-state index contributed by atoms with van der Waals surface area (Å²) < 4.78 is 15.0. The van der Waals surface area contributed by atoms with Gasteiger partial charge in [-0.3, -0.25) is 14.6 Å². The summed E-state index contributed by atoms with van der Waals surface area (Å²) >= 11 is 0. The van der Waals surface area contributed by atoms with E-state index in [1.165, 1.54) is 23.4 Å². The maximum atomic E-state index is 11.8. The third kappa shape index (κ3) is 16.6. The number of carbonyl (C=O) groups is 2. The average molecular weight is 599 g/mol. The normalized spacial score (nSPS) is 16.8. The molecule has 7 nitrogen and oxygen atoms in total. The van der Waals surface area contributed by atoms with Crippen molar-refractivity contribution >= 4 is 20.0 Å². The summed E-state index contributed by atoms with van der Waals surface area (Å²) in [6, 6.07) is 21.0. The number of nitrogens with zero attached hydrogens (tertiary/aromatic N) is 2. The molecule has 0 unspecified atom stereocenters. The second kappa shape index (κ2) is 21.0. The van der Waals surface area contributed by atoms with Crippen LogP contribution in [0.4, 0.5) is 0 Å². The van der Waals surface area contributed by atoms with Crippen LogP contribution in [0.5, 0.6) is 0 Å². The molecule has 2 aromatic carbocycles. The molecule has 1 heterocycles. The van der Waals surface area contributed by atoms with E-state index in [2.05, 4.69) is 95.7 Å². The Bertz CT molecular complexity index is 1030. The van der Waals surface area contributed by atoms with Gasteiger partial charge >= 0.3 is 11.9 Å². The number of hydrogen-bond donors (Lipinski definition) is 0. The lowest BCUT2D eigenvalue weighted by molar-refractivity contribution is -0.148. The molecule has 2 aromatic rings. The van der Waals surface area contributed by atoms with E-state index in [0.717, 1.165) is 32.9 Å². The molecule has 0 spiro atoms. The van der Waals surface area contributed by atoms with E-state index in [0.29, 0.717) is 19.1 Å². The summed E-state index contributed by atoms with van der Waals surface area (Å²) in [6.45, 7) is 20.0. The van der Waals surface area contributed by atoms with Crippen LogP contribution in [-0.2, 0) is 36.9 Å². The number of benzene rings is 2. The van der Waals surface area contributed by atoms with Crippen LogP contribution in [0.1, 0.15) is 38.8 Å². The van der Waals surface area contributed by atoms with Crippen molar-refractivity contribution < 1.29 is 23.8 Å². The minimum atomic E-state index is -1.07. The zero-order valence-electron chi connectivity index (χ0n) is 27.2. The van der Waals surface area contributed by atoms with Gasteiger partial charge in [0.1, 0.15) is 0 Å². The predicted molar refractivity (Wildman–Crippen MR) is 175 cm³/mol. The van der Waals surface area contributed by atoms with Crippen LogP contribution in [0.25, 0.3) is 0 Å². The third-order valence-corrected chi connectivity index (χ3v) is 7.77. The van der Waals surface area contributed by atoms with E-state index in [9.17, 15) is 9.59 Å². The summed E-state index contributed by atoms with van der Waals surface area (Å²) in [5, 5.41) is 0. The number of hydrogen-bond acceptors (Lipinski definition) is 7. The van der Waals surface area contributed by atoms with E-state index in [4.69, 9.17) is 9.47 Å². The van der Waals surface area contributed by atoms with Crippen molar-refractivity contribution in [3.05, 3.63) is 83.9 Å². The molecule has 0 aromatic heterocycles. The lowest BCUT2D eigenvalue weighted by atomic mass is 9.99. The van der Waals surface area contributed by atoms with Crippen LogP contribution in [0.3, 0.4) is 0 Å². The highest BCUT2D eigenvalue weighted by Gasteiger charge is 2.35. The van der Waals surface area contributed by atoms with Gasteiger partial charge < -0.3 is 14.2 Å². The largest absolute Gasteiger partial charge is 0.466 e. The highest BCUT2D eigenvalue weighted by Crippen LogP contribution is 2.25. The standard InChI is InChI=1S/C15H21NO2.C13H23NOSi.C6H10O2/c1-3-18-15(17)14-11-16(9-12(14)2)10-13-7-5-4-6-8-13;1-15-11-14(12-16(2,3)4)10-13-8-6-5-7-9-13;1-3-5-6(7)8-4-2/h4-8,12,14H,3,9-11H2,1-2H3;5-9H,10-12H2,1-4H3;3,5H,4H2,1-2H3/b;;5-3+/t12-,14-;;/m1../s1. The van der Waals surface area contributed by atoms with E-state index in [1.807, 2.05) is 13.0 Å². The second-order valence-corrected chi connectivity index (χ2v) is 17.2. The molecule has 0 N–H and O–H groups in total. The Labute approximate surface area is 255 Å². The van der Waals surface area contributed by atoms with Crippen molar-refractivity contribution in [1.29, 1.82) is 0 Å². The van der Waals surface area contributed by atoms with Crippen LogP contribution < -0.4 is 0 Å². The van der Waals surface area contributed by atoms with Crippen LogP contribution in [-0.4, -0.2) is 76.1 Å². The Morgan fingerprint density at radius 2 is 1.50 bits per heavy atom. The molecule has 0 radical (unpaired) electrons. The molecule has 0 bridgehead atoms. The summed E-state index contributed by atoms with van der Waals surface area (Å²) in [5.41, 5.74) is 2.66. The highest BCUT2D eigenvalue weighted by molar-refractivity contribution is 6.76. The predicted octanol–water partition coefficient (Wildman–Crippen LogP) is 6.41. The van der Waals surface area contributed by atoms with Crippen molar-refractivity contribution in [3.63, 3.8) is 0 Å². The van der Waals surface area contributed by atoms with Gasteiger partial charge in [-0.1, -0.05) is 93.3 Å². The van der Waals surface area contributed by atoms with E-state index < -0.39 is 8.07 Å². The summed E-state index contributed by atoms with van der Waals surface area (Å²) in [6.07, 6.45) is 4.22.